The summed E-state index contributed by atoms with van der Waals surface area (Å²) in [5.74, 6) is -0.146. The van der Waals surface area contributed by atoms with Crippen LogP contribution in [-0.2, 0) is 4.79 Å². The first-order valence-electron chi connectivity index (χ1n) is 6.92. The van der Waals surface area contributed by atoms with Crippen LogP contribution in [0, 0.1) is 0 Å². The number of pyridine rings is 1. The van der Waals surface area contributed by atoms with Crippen LogP contribution in [0.3, 0.4) is 0 Å². The molecule has 0 atom stereocenters. The summed E-state index contributed by atoms with van der Waals surface area (Å²) in [4.78, 5) is 27.7. The Balaban J connectivity index is 2.66. The molecule has 0 saturated carbocycles. The van der Waals surface area contributed by atoms with Crippen LogP contribution in [0.25, 0.3) is 0 Å². The number of hydrogen-bond acceptors (Lipinski definition) is 4. The molecule has 3 N–H and O–H groups in total. The van der Waals surface area contributed by atoms with Gasteiger partial charge in [-0.15, -0.1) is 0 Å². The van der Waals surface area contributed by atoms with Gasteiger partial charge in [0.25, 0.3) is 5.91 Å². The Bertz CT molecular complexity index is 506. The Kier molecular flexibility index (Phi) is 6.94. The molecule has 116 valence electrons. The minimum Gasteiger partial charge on any atom is -0.370 e. The minimum absolute atomic E-state index is 0.0256. The second-order valence-corrected chi connectivity index (χ2v) is 5.27. The van der Waals surface area contributed by atoms with E-state index in [1.54, 1.807) is 12.1 Å². The van der Waals surface area contributed by atoms with Gasteiger partial charge in [0.1, 0.15) is 11.5 Å². The van der Waals surface area contributed by atoms with Crippen LogP contribution in [0.4, 0.5) is 5.82 Å². The van der Waals surface area contributed by atoms with Crippen molar-refractivity contribution in [3.8, 4) is 0 Å². The number of carbonyl (C=O) groups is 2. The van der Waals surface area contributed by atoms with Gasteiger partial charge >= 0.3 is 0 Å². The van der Waals surface area contributed by atoms with Crippen molar-refractivity contribution in [2.45, 2.75) is 33.2 Å². The fourth-order valence-electron chi connectivity index (χ4n) is 1.57. The molecular formula is C14H21ClN4O2. The van der Waals surface area contributed by atoms with Gasteiger partial charge in [-0.25, -0.2) is 4.98 Å². The predicted octanol–water partition coefficient (Wildman–Crippen LogP) is 1.81. The van der Waals surface area contributed by atoms with E-state index in [9.17, 15) is 9.59 Å². The Morgan fingerprint density at radius 2 is 2.05 bits per heavy atom. The maximum absolute atomic E-state index is 12.0. The molecule has 1 heterocycles. The molecule has 0 aliphatic carbocycles. The van der Waals surface area contributed by atoms with Crippen molar-refractivity contribution in [2.75, 3.05) is 18.4 Å². The van der Waals surface area contributed by atoms with Crippen molar-refractivity contribution in [2.24, 2.45) is 0 Å². The number of hydrogen-bond donors (Lipinski definition) is 3. The number of halogens is 1. The molecule has 1 rings (SSSR count). The fraction of sp³-hybridized carbons (Fsp3) is 0.500. The van der Waals surface area contributed by atoms with Crippen LogP contribution in [0.1, 0.15) is 37.7 Å². The smallest absolute Gasteiger partial charge is 0.271 e. The summed E-state index contributed by atoms with van der Waals surface area (Å²) < 4.78 is 0. The third-order valence-electron chi connectivity index (χ3n) is 2.48. The highest BCUT2D eigenvalue weighted by Crippen LogP contribution is 2.16. The van der Waals surface area contributed by atoms with Crippen molar-refractivity contribution in [1.29, 1.82) is 0 Å². The Labute approximate surface area is 129 Å². The Morgan fingerprint density at radius 3 is 2.67 bits per heavy atom. The molecule has 0 saturated heterocycles. The molecule has 21 heavy (non-hydrogen) atoms. The SMILES string of the molecule is CCCNc1ccc(Cl)c(C(=O)NCC(=O)NC(C)C)n1. The summed E-state index contributed by atoms with van der Waals surface area (Å²) in [7, 11) is 0. The highest BCUT2D eigenvalue weighted by molar-refractivity contribution is 6.33. The maximum Gasteiger partial charge on any atom is 0.271 e. The Hall–Kier alpha value is -1.82. The standard InChI is InChI=1S/C14H21ClN4O2/c1-4-7-16-11-6-5-10(15)13(19-11)14(21)17-8-12(20)18-9(2)3/h5-6,9H,4,7-8H2,1-3H3,(H,16,19)(H,17,21)(H,18,20). The first-order valence-corrected chi connectivity index (χ1v) is 7.29. The first kappa shape index (κ1) is 17.2. The Morgan fingerprint density at radius 1 is 1.33 bits per heavy atom. The largest absolute Gasteiger partial charge is 0.370 e. The summed E-state index contributed by atoms with van der Waals surface area (Å²) >= 11 is 5.97. The van der Waals surface area contributed by atoms with E-state index in [0.29, 0.717) is 5.82 Å². The third-order valence-corrected chi connectivity index (χ3v) is 2.78. The van der Waals surface area contributed by atoms with E-state index in [0.717, 1.165) is 13.0 Å². The predicted molar refractivity (Wildman–Crippen MR) is 83.6 cm³/mol. The summed E-state index contributed by atoms with van der Waals surface area (Å²) in [5.41, 5.74) is 0.107. The quantitative estimate of drug-likeness (QED) is 0.717. The van der Waals surface area contributed by atoms with Crippen molar-refractivity contribution in [3.63, 3.8) is 0 Å². The lowest BCUT2D eigenvalue weighted by Gasteiger charge is -2.10. The molecule has 0 radical (unpaired) electrons. The molecule has 0 aliphatic heterocycles. The number of nitrogens with one attached hydrogen (secondary N) is 3. The van der Waals surface area contributed by atoms with E-state index >= 15 is 0 Å². The number of carbonyl (C=O) groups excluding carboxylic acids is 2. The molecule has 0 unspecified atom stereocenters. The van der Waals surface area contributed by atoms with Crippen LogP contribution >= 0.6 is 11.6 Å². The van der Waals surface area contributed by atoms with Gasteiger partial charge in [0.05, 0.1) is 11.6 Å². The summed E-state index contributed by atoms with van der Waals surface area (Å²) in [6.45, 7) is 6.38. The average molecular weight is 313 g/mol. The van der Waals surface area contributed by atoms with Gasteiger partial charge in [0, 0.05) is 12.6 Å². The lowest BCUT2D eigenvalue weighted by molar-refractivity contribution is -0.120. The van der Waals surface area contributed by atoms with Crippen molar-refractivity contribution >= 4 is 29.2 Å². The van der Waals surface area contributed by atoms with Crippen LogP contribution in [0.2, 0.25) is 5.02 Å². The van der Waals surface area contributed by atoms with Gasteiger partial charge < -0.3 is 16.0 Å². The van der Waals surface area contributed by atoms with Gasteiger partial charge in [-0.1, -0.05) is 18.5 Å². The van der Waals surface area contributed by atoms with Crippen molar-refractivity contribution in [1.82, 2.24) is 15.6 Å². The molecule has 0 bridgehead atoms. The van der Waals surface area contributed by atoms with E-state index in [4.69, 9.17) is 11.6 Å². The van der Waals surface area contributed by atoms with E-state index in [1.165, 1.54) is 0 Å². The van der Waals surface area contributed by atoms with Crippen LogP contribution in [0.15, 0.2) is 12.1 Å². The maximum atomic E-state index is 12.0. The fourth-order valence-corrected chi connectivity index (χ4v) is 1.76. The zero-order valence-electron chi connectivity index (χ0n) is 12.5. The summed E-state index contributed by atoms with van der Waals surface area (Å²) in [6, 6.07) is 3.34. The minimum atomic E-state index is -0.473. The molecule has 0 fully saturated rings. The summed E-state index contributed by atoms with van der Waals surface area (Å²) in [5, 5.41) is 8.51. The van der Waals surface area contributed by atoms with E-state index in [-0.39, 0.29) is 29.2 Å². The monoisotopic (exact) mass is 312 g/mol. The number of nitrogens with zero attached hydrogens (tertiary/aromatic N) is 1. The van der Waals surface area contributed by atoms with Gasteiger partial charge in [0.2, 0.25) is 5.91 Å². The highest BCUT2D eigenvalue weighted by Gasteiger charge is 2.14. The van der Waals surface area contributed by atoms with Crippen molar-refractivity contribution in [3.05, 3.63) is 22.8 Å². The number of aromatic nitrogens is 1. The van der Waals surface area contributed by atoms with Crippen LogP contribution in [-0.4, -0.2) is 35.9 Å². The molecule has 0 aliphatic rings. The normalized spacial score (nSPS) is 10.3. The number of rotatable bonds is 7. The van der Waals surface area contributed by atoms with Gasteiger partial charge in [-0.05, 0) is 32.4 Å². The average Bonchev–Trinajstić information content (AvgIpc) is 2.43. The molecule has 7 heteroatoms. The van der Waals surface area contributed by atoms with Crippen LogP contribution < -0.4 is 16.0 Å². The number of anilines is 1. The molecule has 6 nitrogen and oxygen atoms in total. The first-order chi connectivity index (χ1) is 9.93. The molecular weight excluding hydrogens is 292 g/mol. The van der Waals surface area contributed by atoms with E-state index in [2.05, 4.69) is 20.9 Å². The van der Waals surface area contributed by atoms with E-state index in [1.807, 2.05) is 20.8 Å². The topological polar surface area (TPSA) is 83.1 Å². The molecule has 0 spiro atoms. The molecule has 1 aromatic rings. The van der Waals surface area contributed by atoms with Crippen molar-refractivity contribution < 1.29 is 9.59 Å². The van der Waals surface area contributed by atoms with Gasteiger partial charge in [-0.3, -0.25) is 9.59 Å². The summed E-state index contributed by atoms with van der Waals surface area (Å²) in [6.07, 6.45) is 0.946. The highest BCUT2D eigenvalue weighted by atomic mass is 35.5. The number of amides is 2. The lowest BCUT2D eigenvalue weighted by Crippen LogP contribution is -2.40. The zero-order valence-corrected chi connectivity index (χ0v) is 13.3. The van der Waals surface area contributed by atoms with Gasteiger partial charge in [-0.2, -0.15) is 0 Å². The lowest BCUT2D eigenvalue weighted by atomic mass is 10.3. The zero-order chi connectivity index (χ0) is 15.8. The second-order valence-electron chi connectivity index (χ2n) is 4.86. The van der Waals surface area contributed by atoms with Crippen LogP contribution in [0.5, 0.6) is 0 Å². The third kappa shape index (κ3) is 5.99. The second kappa shape index (κ2) is 8.46. The molecule has 0 aromatic carbocycles. The molecule has 2 amide bonds. The molecule has 1 aromatic heterocycles. The van der Waals surface area contributed by atoms with E-state index < -0.39 is 5.91 Å². The van der Waals surface area contributed by atoms with Gasteiger partial charge in [0.15, 0.2) is 0 Å².